The SMILES string of the molecule is CCC1CCCC(Nc2cccc3c2CCCC3)CC1. The Morgan fingerprint density at radius 2 is 1.90 bits per heavy atom. The second kappa shape index (κ2) is 6.65. The highest BCUT2D eigenvalue weighted by molar-refractivity contribution is 5.56. The molecule has 2 aliphatic rings. The number of hydrogen-bond acceptors (Lipinski definition) is 1. The molecule has 0 saturated heterocycles. The Bertz CT molecular complexity index is 437. The molecule has 0 aromatic heterocycles. The van der Waals surface area contributed by atoms with E-state index >= 15 is 0 Å². The lowest BCUT2D eigenvalue weighted by molar-refractivity contribution is 0.444. The molecule has 3 rings (SSSR count). The van der Waals surface area contributed by atoms with Crippen LogP contribution in [0.3, 0.4) is 0 Å². The first kappa shape index (κ1) is 14.0. The van der Waals surface area contributed by atoms with E-state index in [9.17, 15) is 0 Å². The molecule has 0 radical (unpaired) electrons. The van der Waals surface area contributed by atoms with Crippen molar-refractivity contribution in [1.82, 2.24) is 0 Å². The molecule has 0 bridgehead atoms. The Hall–Kier alpha value is -0.980. The standard InChI is InChI=1S/C19H29N/c1-2-15-7-5-10-17(14-13-15)20-19-12-6-9-16-8-3-4-11-18(16)19/h6,9,12,15,17,20H,2-5,7-8,10-11,13-14H2,1H3. The highest BCUT2D eigenvalue weighted by atomic mass is 14.9. The quantitative estimate of drug-likeness (QED) is 0.732. The van der Waals surface area contributed by atoms with Crippen molar-refractivity contribution in [3.63, 3.8) is 0 Å². The highest BCUT2D eigenvalue weighted by Crippen LogP contribution is 2.31. The van der Waals surface area contributed by atoms with Crippen LogP contribution in [0.5, 0.6) is 0 Å². The molecule has 0 amide bonds. The molecule has 2 atom stereocenters. The first-order chi connectivity index (χ1) is 9.86. The molecule has 1 fully saturated rings. The predicted octanol–water partition coefficient (Wildman–Crippen LogP) is 5.34. The molecule has 0 heterocycles. The van der Waals surface area contributed by atoms with Crippen molar-refractivity contribution in [2.24, 2.45) is 5.92 Å². The fourth-order valence-electron chi connectivity index (χ4n) is 4.07. The first-order valence-corrected chi connectivity index (χ1v) is 8.74. The van der Waals surface area contributed by atoms with Gasteiger partial charge < -0.3 is 5.32 Å². The topological polar surface area (TPSA) is 12.0 Å². The largest absolute Gasteiger partial charge is 0.382 e. The van der Waals surface area contributed by atoms with E-state index in [0.717, 1.165) is 5.92 Å². The molecule has 1 nitrogen and oxygen atoms in total. The van der Waals surface area contributed by atoms with Crippen LogP contribution in [-0.4, -0.2) is 6.04 Å². The van der Waals surface area contributed by atoms with Crippen LogP contribution in [0, 0.1) is 5.92 Å². The second-order valence-corrected chi connectivity index (χ2v) is 6.77. The summed E-state index contributed by atoms with van der Waals surface area (Å²) < 4.78 is 0. The summed E-state index contributed by atoms with van der Waals surface area (Å²) in [5.74, 6) is 0.978. The van der Waals surface area contributed by atoms with E-state index in [0.29, 0.717) is 6.04 Å². The van der Waals surface area contributed by atoms with Crippen LogP contribution in [0.2, 0.25) is 0 Å². The first-order valence-electron chi connectivity index (χ1n) is 8.74. The molecule has 1 heteroatoms. The maximum atomic E-state index is 3.89. The Morgan fingerprint density at radius 3 is 2.80 bits per heavy atom. The summed E-state index contributed by atoms with van der Waals surface area (Å²) in [6.45, 7) is 2.35. The Morgan fingerprint density at radius 1 is 1.00 bits per heavy atom. The van der Waals surface area contributed by atoms with Gasteiger partial charge >= 0.3 is 0 Å². The van der Waals surface area contributed by atoms with Gasteiger partial charge in [-0.2, -0.15) is 0 Å². The average molecular weight is 271 g/mol. The van der Waals surface area contributed by atoms with Crippen molar-refractivity contribution in [3.05, 3.63) is 29.3 Å². The van der Waals surface area contributed by atoms with Crippen LogP contribution in [0.15, 0.2) is 18.2 Å². The summed E-state index contributed by atoms with van der Waals surface area (Å²) >= 11 is 0. The highest BCUT2D eigenvalue weighted by Gasteiger charge is 2.19. The van der Waals surface area contributed by atoms with Gasteiger partial charge in [-0.05, 0) is 68.1 Å². The minimum absolute atomic E-state index is 0.708. The van der Waals surface area contributed by atoms with Gasteiger partial charge in [-0.25, -0.2) is 0 Å². The lowest BCUT2D eigenvalue weighted by Crippen LogP contribution is -2.20. The summed E-state index contributed by atoms with van der Waals surface area (Å²) in [5, 5.41) is 3.89. The number of hydrogen-bond donors (Lipinski definition) is 1. The zero-order chi connectivity index (χ0) is 13.8. The summed E-state index contributed by atoms with van der Waals surface area (Å²) in [4.78, 5) is 0. The monoisotopic (exact) mass is 271 g/mol. The van der Waals surface area contributed by atoms with Crippen LogP contribution in [0.25, 0.3) is 0 Å². The van der Waals surface area contributed by atoms with E-state index in [2.05, 4.69) is 30.4 Å². The number of fused-ring (bicyclic) bond motifs is 1. The van der Waals surface area contributed by atoms with Gasteiger partial charge in [0.15, 0.2) is 0 Å². The summed E-state index contributed by atoms with van der Waals surface area (Å²) in [5.41, 5.74) is 4.67. The van der Waals surface area contributed by atoms with Gasteiger partial charge in [0, 0.05) is 11.7 Å². The molecule has 1 aromatic rings. The number of anilines is 1. The van der Waals surface area contributed by atoms with E-state index in [4.69, 9.17) is 0 Å². The lowest BCUT2D eigenvalue weighted by Gasteiger charge is -2.24. The number of nitrogens with one attached hydrogen (secondary N) is 1. The zero-order valence-electron chi connectivity index (χ0n) is 13.0. The smallest absolute Gasteiger partial charge is 0.0377 e. The van der Waals surface area contributed by atoms with Crippen molar-refractivity contribution in [3.8, 4) is 0 Å². The second-order valence-electron chi connectivity index (χ2n) is 6.77. The maximum absolute atomic E-state index is 3.89. The van der Waals surface area contributed by atoms with Gasteiger partial charge in [-0.15, -0.1) is 0 Å². The van der Waals surface area contributed by atoms with Gasteiger partial charge in [-0.1, -0.05) is 38.3 Å². The molecule has 2 aliphatic carbocycles. The van der Waals surface area contributed by atoms with Crippen molar-refractivity contribution < 1.29 is 0 Å². The van der Waals surface area contributed by atoms with Crippen LogP contribution in [-0.2, 0) is 12.8 Å². The van der Waals surface area contributed by atoms with Crippen LogP contribution < -0.4 is 5.32 Å². The van der Waals surface area contributed by atoms with Gasteiger partial charge in [0.05, 0.1) is 0 Å². The van der Waals surface area contributed by atoms with Gasteiger partial charge in [-0.3, -0.25) is 0 Å². The molecule has 0 aliphatic heterocycles. The molecule has 2 unspecified atom stereocenters. The summed E-state index contributed by atoms with van der Waals surface area (Å²) in [6, 6.07) is 7.60. The van der Waals surface area contributed by atoms with E-state index in [1.54, 1.807) is 11.1 Å². The Labute approximate surface area is 124 Å². The third kappa shape index (κ3) is 3.19. The molecule has 1 saturated carbocycles. The van der Waals surface area contributed by atoms with Gasteiger partial charge in [0.1, 0.15) is 0 Å². The van der Waals surface area contributed by atoms with Gasteiger partial charge in [0.25, 0.3) is 0 Å². The van der Waals surface area contributed by atoms with E-state index in [-0.39, 0.29) is 0 Å². The van der Waals surface area contributed by atoms with E-state index in [1.807, 2.05) is 0 Å². The Balaban J connectivity index is 1.68. The van der Waals surface area contributed by atoms with E-state index < -0.39 is 0 Å². The normalized spacial score (nSPS) is 26.6. The van der Waals surface area contributed by atoms with Crippen molar-refractivity contribution in [2.75, 3.05) is 5.32 Å². The Kier molecular flexibility index (Phi) is 4.65. The van der Waals surface area contributed by atoms with Crippen LogP contribution >= 0.6 is 0 Å². The predicted molar refractivity (Wildman–Crippen MR) is 87.4 cm³/mol. The fourth-order valence-corrected chi connectivity index (χ4v) is 4.07. The summed E-state index contributed by atoms with van der Waals surface area (Å²) in [7, 11) is 0. The van der Waals surface area contributed by atoms with Crippen molar-refractivity contribution in [2.45, 2.75) is 77.2 Å². The van der Waals surface area contributed by atoms with E-state index in [1.165, 1.54) is 69.9 Å². The minimum Gasteiger partial charge on any atom is -0.382 e. The van der Waals surface area contributed by atoms with Crippen molar-refractivity contribution in [1.29, 1.82) is 0 Å². The van der Waals surface area contributed by atoms with Crippen LogP contribution in [0.1, 0.15) is 69.4 Å². The molecule has 1 aromatic carbocycles. The van der Waals surface area contributed by atoms with Crippen LogP contribution in [0.4, 0.5) is 5.69 Å². The molecule has 110 valence electrons. The number of rotatable bonds is 3. The lowest BCUT2D eigenvalue weighted by atomic mass is 9.90. The summed E-state index contributed by atoms with van der Waals surface area (Å²) in [6.07, 6.45) is 13.7. The molecular formula is C19H29N. The maximum Gasteiger partial charge on any atom is 0.0377 e. The number of benzene rings is 1. The number of aryl methyl sites for hydroxylation is 1. The van der Waals surface area contributed by atoms with Crippen molar-refractivity contribution >= 4 is 5.69 Å². The fraction of sp³-hybridized carbons (Fsp3) is 0.684. The third-order valence-corrected chi connectivity index (χ3v) is 5.42. The molecule has 20 heavy (non-hydrogen) atoms. The zero-order valence-corrected chi connectivity index (χ0v) is 13.0. The minimum atomic E-state index is 0.708. The average Bonchev–Trinajstić information content (AvgIpc) is 2.73. The molecule has 1 N–H and O–H groups in total. The van der Waals surface area contributed by atoms with Gasteiger partial charge in [0.2, 0.25) is 0 Å². The molecular weight excluding hydrogens is 242 g/mol. The third-order valence-electron chi connectivity index (χ3n) is 5.42. The molecule has 0 spiro atoms.